The Morgan fingerprint density at radius 1 is 1.26 bits per heavy atom. The Kier molecular flexibility index (Phi) is 9.14. The monoisotopic (exact) mass is 466 g/mol. The first-order valence-corrected chi connectivity index (χ1v) is 11.6. The first kappa shape index (κ1) is 25.4. The van der Waals surface area contributed by atoms with Crippen molar-refractivity contribution in [3.63, 3.8) is 0 Å². The van der Waals surface area contributed by atoms with E-state index in [-0.39, 0.29) is 29.8 Å². The van der Waals surface area contributed by atoms with Gasteiger partial charge in [-0.1, -0.05) is 19.9 Å². The van der Waals surface area contributed by atoms with Gasteiger partial charge in [0.2, 0.25) is 15.9 Å². The fourth-order valence-corrected chi connectivity index (χ4v) is 4.69. The lowest BCUT2D eigenvalue weighted by Gasteiger charge is -2.30. The van der Waals surface area contributed by atoms with Crippen LogP contribution in [0.2, 0.25) is 0 Å². The first-order chi connectivity index (χ1) is 14.5. The van der Waals surface area contributed by atoms with Crippen LogP contribution in [0.1, 0.15) is 33.1 Å². The number of nitrogens with zero attached hydrogens (tertiary/aromatic N) is 1. The molecule has 176 valence electrons. The van der Waals surface area contributed by atoms with Gasteiger partial charge in [-0.15, -0.1) is 13.2 Å². The molecular weight excluding hydrogens is 437 g/mol. The predicted molar refractivity (Wildman–Crippen MR) is 108 cm³/mol. The molecule has 31 heavy (non-hydrogen) atoms. The third-order valence-corrected chi connectivity index (χ3v) is 6.61. The Bertz CT molecular complexity index is 822. The van der Waals surface area contributed by atoms with E-state index in [9.17, 15) is 26.4 Å². The number of hydrogen-bond acceptors (Lipinski definition) is 5. The Morgan fingerprint density at radius 3 is 2.55 bits per heavy atom. The molecule has 1 amide bonds. The Morgan fingerprint density at radius 2 is 1.94 bits per heavy atom. The van der Waals surface area contributed by atoms with E-state index in [2.05, 4.69) is 23.9 Å². The molecule has 1 N–H and O–H groups in total. The van der Waals surface area contributed by atoms with Crippen molar-refractivity contribution in [2.24, 2.45) is 11.8 Å². The van der Waals surface area contributed by atoms with Gasteiger partial charge >= 0.3 is 6.36 Å². The molecule has 7 nitrogen and oxygen atoms in total. The number of sulfonamides is 1. The molecule has 1 saturated heterocycles. The second-order valence-corrected chi connectivity index (χ2v) is 9.75. The van der Waals surface area contributed by atoms with Crippen molar-refractivity contribution >= 4 is 15.9 Å². The average Bonchev–Trinajstić information content (AvgIpc) is 2.69. The largest absolute Gasteiger partial charge is 0.573 e. The zero-order valence-electron chi connectivity index (χ0n) is 17.7. The van der Waals surface area contributed by atoms with Crippen molar-refractivity contribution in [2.45, 2.75) is 44.4 Å². The SMILES string of the molecule is CC(C)COCCCNC(=O)C1CCN(S(=O)(=O)c2cccc(OC(F)(F)F)c2)CC1. The number of hydrogen-bond donors (Lipinski definition) is 1. The molecule has 1 fully saturated rings. The predicted octanol–water partition coefficient (Wildman–Crippen LogP) is 3.16. The zero-order chi connectivity index (χ0) is 23.1. The van der Waals surface area contributed by atoms with Gasteiger partial charge in [-0.3, -0.25) is 4.79 Å². The summed E-state index contributed by atoms with van der Waals surface area (Å²) in [6, 6.07) is 4.30. The zero-order valence-corrected chi connectivity index (χ0v) is 18.5. The number of benzene rings is 1. The molecular formula is C20H29F3N2O5S. The highest BCUT2D eigenvalue weighted by atomic mass is 32.2. The number of nitrogens with one attached hydrogen (secondary N) is 1. The lowest BCUT2D eigenvalue weighted by molar-refractivity contribution is -0.274. The molecule has 0 spiro atoms. The summed E-state index contributed by atoms with van der Waals surface area (Å²) in [5.74, 6) is -0.569. The van der Waals surface area contributed by atoms with Gasteiger partial charge in [0.05, 0.1) is 4.90 Å². The van der Waals surface area contributed by atoms with E-state index >= 15 is 0 Å². The second kappa shape index (κ2) is 11.1. The maximum Gasteiger partial charge on any atom is 0.573 e. The number of amides is 1. The summed E-state index contributed by atoms with van der Waals surface area (Å²) >= 11 is 0. The van der Waals surface area contributed by atoms with Gasteiger partial charge in [0.15, 0.2) is 0 Å². The van der Waals surface area contributed by atoms with Gasteiger partial charge in [0.1, 0.15) is 5.75 Å². The van der Waals surface area contributed by atoms with Gasteiger partial charge < -0.3 is 14.8 Å². The van der Waals surface area contributed by atoms with Crippen LogP contribution in [0.3, 0.4) is 0 Å². The number of carbonyl (C=O) groups excluding carboxylic acids is 1. The molecule has 0 saturated carbocycles. The van der Waals surface area contributed by atoms with Gasteiger partial charge in [0, 0.05) is 44.8 Å². The number of halogens is 3. The van der Waals surface area contributed by atoms with Gasteiger partial charge in [-0.2, -0.15) is 4.31 Å². The van der Waals surface area contributed by atoms with Crippen molar-refractivity contribution in [3.8, 4) is 5.75 Å². The van der Waals surface area contributed by atoms with Crippen LogP contribution in [0.4, 0.5) is 13.2 Å². The number of ether oxygens (including phenoxy) is 2. The van der Waals surface area contributed by atoms with Crippen LogP contribution >= 0.6 is 0 Å². The maximum absolute atomic E-state index is 12.8. The van der Waals surface area contributed by atoms with Crippen LogP contribution in [0.15, 0.2) is 29.2 Å². The van der Waals surface area contributed by atoms with Crippen molar-refractivity contribution in [3.05, 3.63) is 24.3 Å². The maximum atomic E-state index is 12.8. The molecule has 2 rings (SSSR count). The summed E-state index contributed by atoms with van der Waals surface area (Å²) in [5.41, 5.74) is 0. The van der Waals surface area contributed by atoms with E-state index in [4.69, 9.17) is 4.74 Å². The molecule has 0 radical (unpaired) electrons. The first-order valence-electron chi connectivity index (χ1n) is 10.2. The Labute approximate surface area is 180 Å². The van der Waals surface area contributed by atoms with E-state index in [0.29, 0.717) is 44.9 Å². The highest BCUT2D eigenvalue weighted by Gasteiger charge is 2.34. The van der Waals surface area contributed by atoms with Crippen molar-refractivity contribution in [1.29, 1.82) is 0 Å². The molecule has 1 aliphatic rings. The molecule has 0 aliphatic carbocycles. The number of rotatable bonds is 10. The summed E-state index contributed by atoms with van der Waals surface area (Å²) in [4.78, 5) is 12.0. The summed E-state index contributed by atoms with van der Waals surface area (Å²) in [6.07, 6.45) is -3.53. The highest BCUT2D eigenvalue weighted by molar-refractivity contribution is 7.89. The molecule has 0 atom stereocenters. The second-order valence-electron chi connectivity index (χ2n) is 7.81. The van der Waals surface area contributed by atoms with E-state index in [1.165, 1.54) is 16.4 Å². The van der Waals surface area contributed by atoms with E-state index < -0.39 is 22.1 Å². The fourth-order valence-electron chi connectivity index (χ4n) is 3.19. The number of piperidine rings is 1. The van der Waals surface area contributed by atoms with E-state index in [0.717, 1.165) is 12.1 Å². The van der Waals surface area contributed by atoms with Crippen LogP contribution in [-0.4, -0.2) is 57.8 Å². The lowest BCUT2D eigenvalue weighted by Crippen LogP contribution is -2.43. The van der Waals surface area contributed by atoms with Gasteiger partial charge in [0.25, 0.3) is 0 Å². The minimum atomic E-state index is -4.91. The smallest absolute Gasteiger partial charge is 0.406 e. The number of alkyl halides is 3. The topological polar surface area (TPSA) is 84.9 Å². The minimum absolute atomic E-state index is 0.113. The van der Waals surface area contributed by atoms with Crippen molar-refractivity contribution in [1.82, 2.24) is 9.62 Å². The van der Waals surface area contributed by atoms with Crippen LogP contribution in [0.5, 0.6) is 5.75 Å². The Balaban J connectivity index is 1.83. The standard InChI is InChI=1S/C20H29F3N2O5S/c1-15(2)14-29-12-4-9-24-19(26)16-7-10-25(11-8-16)31(27,28)18-6-3-5-17(13-18)30-20(21,22)23/h3,5-6,13,15-16H,4,7-12,14H2,1-2H3,(H,24,26). The molecule has 1 aromatic carbocycles. The third-order valence-electron chi connectivity index (χ3n) is 4.72. The Hall–Kier alpha value is -1.85. The molecule has 1 aliphatic heterocycles. The summed E-state index contributed by atoms with van der Waals surface area (Å²) in [7, 11) is -3.99. The van der Waals surface area contributed by atoms with E-state index in [1.54, 1.807) is 0 Å². The molecule has 1 aromatic rings. The minimum Gasteiger partial charge on any atom is -0.406 e. The van der Waals surface area contributed by atoms with Crippen LogP contribution in [0.25, 0.3) is 0 Å². The summed E-state index contributed by atoms with van der Waals surface area (Å²) < 4.78 is 73.2. The lowest BCUT2D eigenvalue weighted by atomic mass is 9.97. The molecule has 0 bridgehead atoms. The van der Waals surface area contributed by atoms with Gasteiger partial charge in [-0.25, -0.2) is 8.42 Å². The van der Waals surface area contributed by atoms with Crippen molar-refractivity contribution < 1.29 is 35.9 Å². The molecule has 1 heterocycles. The number of carbonyl (C=O) groups is 1. The quantitative estimate of drug-likeness (QED) is 0.536. The van der Waals surface area contributed by atoms with Crippen LogP contribution in [-0.2, 0) is 19.6 Å². The summed E-state index contributed by atoms with van der Waals surface area (Å²) in [6.45, 7) is 6.06. The van der Waals surface area contributed by atoms with Crippen LogP contribution in [0, 0.1) is 11.8 Å². The highest BCUT2D eigenvalue weighted by Crippen LogP contribution is 2.28. The average molecular weight is 467 g/mol. The molecule has 0 unspecified atom stereocenters. The molecule has 11 heteroatoms. The van der Waals surface area contributed by atoms with E-state index in [1.807, 2.05) is 0 Å². The summed E-state index contributed by atoms with van der Waals surface area (Å²) in [5, 5.41) is 2.84. The normalized spacial score (nSPS) is 16.5. The van der Waals surface area contributed by atoms with Crippen molar-refractivity contribution in [2.75, 3.05) is 32.8 Å². The van der Waals surface area contributed by atoms with Gasteiger partial charge in [-0.05, 0) is 37.3 Å². The molecule has 0 aromatic heterocycles. The third kappa shape index (κ3) is 8.30. The van der Waals surface area contributed by atoms with Crippen LogP contribution < -0.4 is 10.1 Å². The fraction of sp³-hybridized carbons (Fsp3) is 0.650.